The summed E-state index contributed by atoms with van der Waals surface area (Å²) in [6.45, 7) is 5.28. The summed E-state index contributed by atoms with van der Waals surface area (Å²) in [5.41, 5.74) is 5.14. The molecule has 0 atom stereocenters. The van der Waals surface area contributed by atoms with E-state index in [4.69, 9.17) is 5.73 Å². The lowest BCUT2D eigenvalue weighted by Crippen LogP contribution is -2.23. The zero-order valence-electron chi connectivity index (χ0n) is 6.22. The topological polar surface area (TPSA) is 38.0 Å². The predicted molar refractivity (Wildman–Crippen MR) is 41.1 cm³/mol. The quantitative estimate of drug-likeness (QED) is 0.551. The first-order valence-electron chi connectivity index (χ1n) is 3.37. The fourth-order valence-electron chi connectivity index (χ4n) is 0.552. The first kappa shape index (κ1) is 8.50. The highest BCUT2D eigenvalue weighted by Gasteiger charge is 1.86. The average Bonchev–Trinajstić information content (AvgIpc) is 1.80. The van der Waals surface area contributed by atoms with E-state index < -0.39 is 0 Å². The Morgan fingerprint density at radius 2 is 2.22 bits per heavy atom. The highest BCUT2D eigenvalue weighted by molar-refractivity contribution is 4.76. The largest absolute Gasteiger partial charge is 0.405 e. The van der Waals surface area contributed by atoms with Crippen molar-refractivity contribution < 1.29 is 0 Å². The SMILES string of the molecule is CC(C)NCC/C=C/N. The standard InChI is InChI=1S/C7H16N2/c1-7(2)9-6-4-3-5-8/h3,5,7,9H,4,6,8H2,1-2H3/b5-3+. The third kappa shape index (κ3) is 7.50. The molecule has 0 aromatic carbocycles. The van der Waals surface area contributed by atoms with Gasteiger partial charge in [0.2, 0.25) is 0 Å². The average molecular weight is 128 g/mol. The summed E-state index contributed by atoms with van der Waals surface area (Å²) < 4.78 is 0. The first-order valence-corrected chi connectivity index (χ1v) is 3.37. The van der Waals surface area contributed by atoms with Crippen LogP contribution in [-0.2, 0) is 0 Å². The Morgan fingerprint density at radius 1 is 1.56 bits per heavy atom. The van der Waals surface area contributed by atoms with Crippen molar-refractivity contribution in [1.82, 2.24) is 5.32 Å². The monoisotopic (exact) mass is 128 g/mol. The molecule has 2 heteroatoms. The summed E-state index contributed by atoms with van der Waals surface area (Å²) in [5.74, 6) is 0. The molecule has 0 aromatic rings. The number of rotatable bonds is 4. The van der Waals surface area contributed by atoms with Gasteiger partial charge in [-0.1, -0.05) is 19.9 Å². The van der Waals surface area contributed by atoms with Gasteiger partial charge >= 0.3 is 0 Å². The molecule has 0 aliphatic rings. The molecule has 0 saturated heterocycles. The molecule has 0 spiro atoms. The van der Waals surface area contributed by atoms with Crippen LogP contribution < -0.4 is 11.1 Å². The van der Waals surface area contributed by atoms with E-state index in [2.05, 4.69) is 19.2 Å². The summed E-state index contributed by atoms with van der Waals surface area (Å²) in [4.78, 5) is 0. The van der Waals surface area contributed by atoms with Gasteiger partial charge in [-0.25, -0.2) is 0 Å². The van der Waals surface area contributed by atoms with Crippen LogP contribution in [-0.4, -0.2) is 12.6 Å². The number of nitrogens with one attached hydrogen (secondary N) is 1. The lowest BCUT2D eigenvalue weighted by Gasteiger charge is -2.04. The van der Waals surface area contributed by atoms with E-state index in [1.165, 1.54) is 0 Å². The highest BCUT2D eigenvalue weighted by Crippen LogP contribution is 1.80. The summed E-state index contributed by atoms with van der Waals surface area (Å²) in [6, 6.07) is 0.580. The smallest absolute Gasteiger partial charge is 0.00105 e. The summed E-state index contributed by atoms with van der Waals surface area (Å²) >= 11 is 0. The number of hydrogen-bond acceptors (Lipinski definition) is 2. The molecule has 0 amide bonds. The zero-order chi connectivity index (χ0) is 7.11. The normalized spacial score (nSPS) is 11.4. The summed E-state index contributed by atoms with van der Waals surface area (Å²) in [5, 5.41) is 3.27. The summed E-state index contributed by atoms with van der Waals surface area (Å²) in [6.07, 6.45) is 4.56. The van der Waals surface area contributed by atoms with E-state index in [0.717, 1.165) is 13.0 Å². The minimum absolute atomic E-state index is 0.580. The molecule has 9 heavy (non-hydrogen) atoms. The van der Waals surface area contributed by atoms with Gasteiger partial charge in [0, 0.05) is 6.04 Å². The van der Waals surface area contributed by atoms with Gasteiger partial charge in [0.15, 0.2) is 0 Å². The van der Waals surface area contributed by atoms with E-state index >= 15 is 0 Å². The van der Waals surface area contributed by atoms with Crippen molar-refractivity contribution >= 4 is 0 Å². The van der Waals surface area contributed by atoms with Crippen LogP contribution in [0.3, 0.4) is 0 Å². The van der Waals surface area contributed by atoms with Gasteiger partial charge in [0.25, 0.3) is 0 Å². The second-order valence-electron chi connectivity index (χ2n) is 2.33. The Kier molecular flexibility index (Phi) is 5.32. The van der Waals surface area contributed by atoms with Crippen molar-refractivity contribution in [1.29, 1.82) is 0 Å². The van der Waals surface area contributed by atoms with E-state index in [1.807, 2.05) is 6.08 Å². The van der Waals surface area contributed by atoms with Crippen molar-refractivity contribution in [3.8, 4) is 0 Å². The van der Waals surface area contributed by atoms with Crippen molar-refractivity contribution in [2.75, 3.05) is 6.54 Å². The molecular weight excluding hydrogens is 112 g/mol. The molecule has 0 aliphatic carbocycles. The molecule has 0 saturated carbocycles. The fraction of sp³-hybridized carbons (Fsp3) is 0.714. The van der Waals surface area contributed by atoms with Gasteiger partial charge in [-0.15, -0.1) is 0 Å². The Labute approximate surface area is 57.1 Å². The lowest BCUT2D eigenvalue weighted by molar-refractivity contribution is 0.595. The first-order chi connectivity index (χ1) is 4.27. The van der Waals surface area contributed by atoms with Crippen molar-refractivity contribution in [2.45, 2.75) is 26.3 Å². The Balaban J connectivity index is 2.91. The van der Waals surface area contributed by atoms with Gasteiger partial charge in [-0.3, -0.25) is 0 Å². The van der Waals surface area contributed by atoms with Crippen molar-refractivity contribution in [3.05, 3.63) is 12.3 Å². The molecule has 0 bridgehead atoms. The molecule has 2 nitrogen and oxygen atoms in total. The van der Waals surface area contributed by atoms with Gasteiger partial charge in [0.1, 0.15) is 0 Å². The molecular formula is C7H16N2. The maximum Gasteiger partial charge on any atom is 0.00105 e. The molecule has 54 valence electrons. The predicted octanol–water partition coefficient (Wildman–Crippen LogP) is 0.847. The molecule has 0 unspecified atom stereocenters. The van der Waals surface area contributed by atoms with E-state index in [0.29, 0.717) is 6.04 Å². The molecule has 3 N–H and O–H groups in total. The van der Waals surface area contributed by atoms with Gasteiger partial charge in [0.05, 0.1) is 0 Å². The van der Waals surface area contributed by atoms with Crippen LogP contribution in [0.4, 0.5) is 0 Å². The highest BCUT2D eigenvalue weighted by atomic mass is 14.9. The minimum Gasteiger partial charge on any atom is -0.405 e. The van der Waals surface area contributed by atoms with Crippen LogP contribution >= 0.6 is 0 Å². The third-order valence-electron chi connectivity index (χ3n) is 1.000. The second-order valence-corrected chi connectivity index (χ2v) is 2.33. The maximum absolute atomic E-state index is 5.14. The van der Waals surface area contributed by atoms with E-state index in [-0.39, 0.29) is 0 Å². The summed E-state index contributed by atoms with van der Waals surface area (Å²) in [7, 11) is 0. The third-order valence-corrected chi connectivity index (χ3v) is 1.000. The van der Waals surface area contributed by atoms with Crippen LogP contribution in [0.25, 0.3) is 0 Å². The molecule has 0 aromatic heterocycles. The Bertz CT molecular complexity index is 77.0. The molecule has 0 aliphatic heterocycles. The second kappa shape index (κ2) is 5.63. The van der Waals surface area contributed by atoms with Crippen LogP contribution in [0.1, 0.15) is 20.3 Å². The van der Waals surface area contributed by atoms with Crippen LogP contribution in [0.2, 0.25) is 0 Å². The van der Waals surface area contributed by atoms with Crippen LogP contribution in [0.15, 0.2) is 12.3 Å². The number of nitrogens with two attached hydrogens (primary N) is 1. The van der Waals surface area contributed by atoms with Gasteiger partial charge < -0.3 is 11.1 Å². The van der Waals surface area contributed by atoms with E-state index in [1.54, 1.807) is 6.20 Å². The molecule has 0 fully saturated rings. The van der Waals surface area contributed by atoms with E-state index in [9.17, 15) is 0 Å². The van der Waals surface area contributed by atoms with Crippen molar-refractivity contribution in [2.24, 2.45) is 5.73 Å². The fourth-order valence-corrected chi connectivity index (χ4v) is 0.552. The zero-order valence-corrected chi connectivity index (χ0v) is 6.22. The Morgan fingerprint density at radius 3 is 2.67 bits per heavy atom. The maximum atomic E-state index is 5.14. The van der Waals surface area contributed by atoms with Crippen LogP contribution in [0, 0.1) is 0 Å². The van der Waals surface area contributed by atoms with Gasteiger partial charge in [-0.2, -0.15) is 0 Å². The van der Waals surface area contributed by atoms with Gasteiger partial charge in [-0.05, 0) is 19.2 Å². The molecule has 0 heterocycles. The minimum atomic E-state index is 0.580. The van der Waals surface area contributed by atoms with Crippen molar-refractivity contribution in [3.63, 3.8) is 0 Å². The number of hydrogen-bond donors (Lipinski definition) is 2. The van der Waals surface area contributed by atoms with Crippen LogP contribution in [0.5, 0.6) is 0 Å². The molecule has 0 rings (SSSR count). The Hall–Kier alpha value is -0.500. The lowest BCUT2D eigenvalue weighted by atomic mass is 10.3. The molecule has 0 radical (unpaired) electrons.